The van der Waals surface area contributed by atoms with Crippen LogP contribution in [0, 0.1) is 0 Å². The number of ether oxygens (including phenoxy) is 1. The molecule has 0 aromatic heterocycles. The zero-order chi connectivity index (χ0) is 19.8. The molecule has 1 aliphatic rings. The van der Waals surface area contributed by atoms with Crippen LogP contribution in [-0.2, 0) is 11.2 Å². The molecule has 27 heavy (non-hydrogen) atoms. The second kappa shape index (κ2) is 10.1. The van der Waals surface area contributed by atoms with Gasteiger partial charge in [0.2, 0.25) is 0 Å². The summed E-state index contributed by atoms with van der Waals surface area (Å²) in [7, 11) is 0. The quantitative estimate of drug-likeness (QED) is 0.574. The number of hydrogen-bond donors (Lipinski definition) is 3. The second-order valence-corrected chi connectivity index (χ2v) is 6.42. The molecule has 0 atom stereocenters. The van der Waals surface area contributed by atoms with Gasteiger partial charge < -0.3 is 20.5 Å². The first-order valence-electron chi connectivity index (χ1n) is 8.92. The number of nitrogens with zero attached hydrogens (tertiary/aromatic N) is 1. The van der Waals surface area contributed by atoms with Crippen molar-refractivity contribution >= 4 is 12.0 Å². The van der Waals surface area contributed by atoms with Crippen molar-refractivity contribution in [2.24, 2.45) is 0 Å². The third-order valence-corrected chi connectivity index (χ3v) is 4.58. The van der Waals surface area contributed by atoms with Gasteiger partial charge in [-0.05, 0) is 37.4 Å². The molecule has 9 heteroatoms. The van der Waals surface area contributed by atoms with Crippen LogP contribution in [0.1, 0.15) is 25.3 Å². The van der Waals surface area contributed by atoms with E-state index in [2.05, 4.69) is 15.4 Å². The highest BCUT2D eigenvalue weighted by molar-refractivity contribution is 5.74. The lowest BCUT2D eigenvalue weighted by Crippen LogP contribution is -2.56. The fourth-order valence-electron chi connectivity index (χ4n) is 3.15. The Kier molecular flexibility index (Phi) is 7.78. The van der Waals surface area contributed by atoms with Crippen LogP contribution in [0.25, 0.3) is 0 Å². The average molecular weight is 385 g/mol. The molecule has 1 aliphatic carbocycles. The smallest absolute Gasteiger partial charge is 0.387 e. The Hall–Kier alpha value is -2.42. The zero-order valence-corrected chi connectivity index (χ0v) is 15.2. The summed E-state index contributed by atoms with van der Waals surface area (Å²) in [5, 5.41) is 14.4. The molecule has 1 saturated carbocycles. The molecule has 2 amide bonds. The first kappa shape index (κ1) is 20.9. The highest BCUT2D eigenvalue weighted by atomic mass is 19.3. The van der Waals surface area contributed by atoms with Gasteiger partial charge in [0.25, 0.3) is 0 Å². The van der Waals surface area contributed by atoms with Gasteiger partial charge >= 0.3 is 18.6 Å². The van der Waals surface area contributed by atoms with Crippen LogP contribution in [0.4, 0.5) is 13.6 Å². The van der Waals surface area contributed by atoms with E-state index in [1.165, 1.54) is 6.07 Å². The van der Waals surface area contributed by atoms with Crippen LogP contribution in [0.15, 0.2) is 24.3 Å². The van der Waals surface area contributed by atoms with Gasteiger partial charge in [0, 0.05) is 18.6 Å². The van der Waals surface area contributed by atoms with Crippen LogP contribution in [0.2, 0.25) is 0 Å². The Morgan fingerprint density at radius 1 is 1.33 bits per heavy atom. The van der Waals surface area contributed by atoms with Crippen LogP contribution >= 0.6 is 0 Å². The molecular weight excluding hydrogens is 360 g/mol. The van der Waals surface area contributed by atoms with E-state index in [0.717, 1.165) is 0 Å². The number of carbonyl (C=O) groups excluding carboxylic acids is 1. The van der Waals surface area contributed by atoms with Crippen molar-refractivity contribution in [2.45, 2.75) is 44.9 Å². The minimum atomic E-state index is -2.89. The number of alkyl halides is 2. The van der Waals surface area contributed by atoms with Crippen molar-refractivity contribution in [3.8, 4) is 5.75 Å². The average Bonchev–Trinajstić information content (AvgIpc) is 2.57. The number of aliphatic carboxylic acids is 1. The number of carbonyl (C=O) groups is 2. The Bertz CT molecular complexity index is 639. The summed E-state index contributed by atoms with van der Waals surface area (Å²) in [6.07, 6.45) is 1.78. The second-order valence-electron chi connectivity index (χ2n) is 6.42. The lowest BCUT2D eigenvalue weighted by atomic mass is 9.85. The highest BCUT2D eigenvalue weighted by Crippen LogP contribution is 2.25. The normalized spacial score (nSPS) is 18.9. The molecule has 0 heterocycles. The Labute approximate surface area is 156 Å². The number of likely N-dealkylation sites (N-methyl/N-ethyl adjacent to an activating group) is 1. The molecule has 2 rings (SSSR count). The molecule has 0 bridgehead atoms. The molecule has 1 aromatic carbocycles. The number of rotatable bonds is 10. The molecule has 7 nitrogen and oxygen atoms in total. The van der Waals surface area contributed by atoms with E-state index in [9.17, 15) is 18.4 Å². The van der Waals surface area contributed by atoms with Gasteiger partial charge in [-0.2, -0.15) is 8.78 Å². The van der Waals surface area contributed by atoms with Gasteiger partial charge in [-0.3, -0.25) is 9.69 Å². The van der Waals surface area contributed by atoms with E-state index in [1.54, 1.807) is 18.2 Å². The first-order chi connectivity index (χ1) is 12.9. The fraction of sp³-hybridized carbons (Fsp3) is 0.556. The molecule has 3 N–H and O–H groups in total. The Morgan fingerprint density at radius 2 is 2.04 bits per heavy atom. The van der Waals surface area contributed by atoms with Crippen LogP contribution in [0.5, 0.6) is 5.75 Å². The van der Waals surface area contributed by atoms with Gasteiger partial charge in [-0.1, -0.05) is 25.1 Å². The molecule has 0 unspecified atom stereocenters. The molecule has 0 spiro atoms. The van der Waals surface area contributed by atoms with E-state index in [0.29, 0.717) is 31.4 Å². The monoisotopic (exact) mass is 385 g/mol. The minimum absolute atomic E-state index is 0.000179. The van der Waals surface area contributed by atoms with Crippen molar-refractivity contribution in [2.75, 3.05) is 19.6 Å². The van der Waals surface area contributed by atoms with Crippen LogP contribution in [-0.4, -0.2) is 60.3 Å². The number of hydrogen-bond acceptors (Lipinski definition) is 4. The molecule has 150 valence electrons. The van der Waals surface area contributed by atoms with Gasteiger partial charge in [-0.15, -0.1) is 0 Å². The number of carboxylic acid groups (broad SMARTS) is 1. The van der Waals surface area contributed by atoms with Gasteiger partial charge in [-0.25, -0.2) is 4.79 Å². The standard InChI is InChI=1S/C18H25F2N3O4/c1-2-23(11-16(24)25)14-9-13(10-14)22-18(26)21-8-7-12-5-3-4-6-15(12)27-17(19)20/h3-6,13-14,17H,2,7-11H2,1H3,(H,24,25)(H2,21,22,26). The topological polar surface area (TPSA) is 90.9 Å². The lowest BCUT2D eigenvalue weighted by molar-refractivity contribution is -0.139. The van der Waals surface area contributed by atoms with E-state index in [1.807, 2.05) is 11.8 Å². The van der Waals surface area contributed by atoms with Gasteiger partial charge in [0.05, 0.1) is 6.54 Å². The lowest BCUT2D eigenvalue weighted by Gasteiger charge is -2.42. The minimum Gasteiger partial charge on any atom is -0.480 e. The van der Waals surface area contributed by atoms with Crippen LogP contribution < -0.4 is 15.4 Å². The van der Waals surface area contributed by atoms with Gasteiger partial charge in [0.15, 0.2) is 0 Å². The zero-order valence-electron chi connectivity index (χ0n) is 15.2. The van der Waals surface area contributed by atoms with E-state index in [-0.39, 0.29) is 37.0 Å². The summed E-state index contributed by atoms with van der Waals surface area (Å²) < 4.78 is 29.2. The highest BCUT2D eigenvalue weighted by Gasteiger charge is 2.34. The van der Waals surface area contributed by atoms with Crippen molar-refractivity contribution in [1.82, 2.24) is 15.5 Å². The third kappa shape index (κ3) is 6.67. The molecule has 0 radical (unpaired) electrons. The predicted octanol–water partition coefficient (Wildman–Crippen LogP) is 2.07. The number of para-hydroxylation sites is 1. The van der Waals surface area contributed by atoms with E-state index < -0.39 is 12.6 Å². The molecule has 0 saturated heterocycles. The number of urea groups is 1. The van der Waals surface area contributed by atoms with Crippen molar-refractivity contribution in [3.63, 3.8) is 0 Å². The summed E-state index contributed by atoms with van der Waals surface area (Å²) >= 11 is 0. The molecule has 1 fully saturated rings. The number of halogens is 2. The molecule has 1 aromatic rings. The first-order valence-corrected chi connectivity index (χ1v) is 8.92. The van der Waals surface area contributed by atoms with Crippen molar-refractivity contribution in [3.05, 3.63) is 29.8 Å². The third-order valence-electron chi connectivity index (χ3n) is 4.58. The number of carboxylic acids is 1. The molecular formula is C18H25F2N3O4. The Balaban J connectivity index is 1.69. The van der Waals surface area contributed by atoms with E-state index in [4.69, 9.17) is 5.11 Å². The van der Waals surface area contributed by atoms with Crippen LogP contribution in [0.3, 0.4) is 0 Å². The maximum Gasteiger partial charge on any atom is 0.387 e. The maximum atomic E-state index is 12.4. The summed E-state index contributed by atoms with van der Waals surface area (Å²) in [4.78, 5) is 24.6. The summed E-state index contributed by atoms with van der Waals surface area (Å²) in [5.41, 5.74) is 0.592. The summed E-state index contributed by atoms with van der Waals surface area (Å²) in [6.45, 7) is -0.0498. The number of amides is 2. The number of nitrogens with one attached hydrogen (secondary N) is 2. The largest absolute Gasteiger partial charge is 0.480 e. The maximum absolute atomic E-state index is 12.4. The predicted molar refractivity (Wildman–Crippen MR) is 95.0 cm³/mol. The van der Waals surface area contributed by atoms with E-state index >= 15 is 0 Å². The van der Waals surface area contributed by atoms with Gasteiger partial charge in [0.1, 0.15) is 5.75 Å². The molecule has 0 aliphatic heterocycles. The van der Waals surface area contributed by atoms with Crippen molar-refractivity contribution < 1.29 is 28.2 Å². The fourth-order valence-corrected chi connectivity index (χ4v) is 3.15. The summed E-state index contributed by atoms with van der Waals surface area (Å²) in [6, 6.07) is 6.31. The van der Waals surface area contributed by atoms with Crippen molar-refractivity contribution in [1.29, 1.82) is 0 Å². The summed E-state index contributed by atoms with van der Waals surface area (Å²) in [5.74, 6) is -0.753. The number of benzene rings is 1. The Morgan fingerprint density at radius 3 is 2.67 bits per heavy atom. The SMILES string of the molecule is CCN(CC(=O)O)C1CC(NC(=O)NCCc2ccccc2OC(F)F)C1.